The van der Waals surface area contributed by atoms with Gasteiger partial charge in [-0.25, -0.2) is 16.3 Å². The molecule has 1 heterocycles. The molecule has 4 rings (SSSR count). The monoisotopic (exact) mass is 744 g/mol. The Hall–Kier alpha value is -4.27. The van der Waals surface area contributed by atoms with Crippen LogP contribution in [0.1, 0.15) is 78.2 Å². The summed E-state index contributed by atoms with van der Waals surface area (Å²) in [5, 5.41) is -0.851. The van der Waals surface area contributed by atoms with Crippen LogP contribution in [0.15, 0.2) is 79.9 Å². The highest BCUT2D eigenvalue weighted by Gasteiger charge is 2.54. The minimum Gasteiger partial charge on any atom is -0.465 e. The van der Waals surface area contributed by atoms with Crippen LogP contribution in [0.3, 0.4) is 0 Å². The lowest BCUT2D eigenvalue weighted by molar-refractivity contribution is -0.145. The molecule has 2 amide bonds. The SMILES string of the molecule is [C-]#[N+]C(C)(CCC(=O)OCC1CC(C=C)CC1C=C)CC(c1ccc(OC(=O)OC(C)(C)C)cc1)C1C(=O)N(c2ccccc2)C(=O)C1SC(C)=S. The Morgan fingerprint density at radius 1 is 1.04 bits per heavy atom. The molecule has 2 aliphatic rings. The number of amides is 2. The number of benzene rings is 2. The molecule has 0 bridgehead atoms. The van der Waals surface area contributed by atoms with Gasteiger partial charge in [0.15, 0.2) is 0 Å². The molecule has 0 spiro atoms. The Morgan fingerprint density at radius 3 is 2.29 bits per heavy atom. The van der Waals surface area contributed by atoms with E-state index >= 15 is 0 Å². The lowest BCUT2D eigenvalue weighted by Crippen LogP contribution is -2.34. The van der Waals surface area contributed by atoms with Gasteiger partial charge in [0, 0.05) is 29.9 Å². The van der Waals surface area contributed by atoms with Gasteiger partial charge >= 0.3 is 12.1 Å². The van der Waals surface area contributed by atoms with Gasteiger partial charge < -0.3 is 19.1 Å². The summed E-state index contributed by atoms with van der Waals surface area (Å²) < 4.78 is 16.9. The molecule has 0 N–H and O–H groups in total. The van der Waals surface area contributed by atoms with Crippen molar-refractivity contribution in [2.75, 3.05) is 11.5 Å². The Bertz CT molecular complexity index is 1700. The van der Waals surface area contributed by atoms with Crippen molar-refractivity contribution in [1.29, 1.82) is 0 Å². The third-order valence-electron chi connectivity index (χ3n) is 9.61. The molecule has 52 heavy (non-hydrogen) atoms. The highest BCUT2D eigenvalue weighted by atomic mass is 32.2. The van der Waals surface area contributed by atoms with Crippen LogP contribution in [-0.2, 0) is 23.9 Å². The topological polar surface area (TPSA) is 104 Å². The summed E-state index contributed by atoms with van der Waals surface area (Å²) in [7, 11) is 0. The fourth-order valence-electron chi connectivity index (χ4n) is 6.98. The van der Waals surface area contributed by atoms with Crippen LogP contribution < -0.4 is 9.64 Å². The smallest absolute Gasteiger partial charge is 0.465 e. The van der Waals surface area contributed by atoms with Crippen LogP contribution in [0.2, 0.25) is 0 Å². The van der Waals surface area contributed by atoms with Gasteiger partial charge in [-0.1, -0.05) is 54.7 Å². The van der Waals surface area contributed by atoms with Crippen molar-refractivity contribution in [1.82, 2.24) is 0 Å². The second-order valence-corrected chi connectivity index (χ2v) is 17.0. The predicted octanol–water partition coefficient (Wildman–Crippen LogP) is 9.13. The lowest BCUT2D eigenvalue weighted by Gasteiger charge is -2.30. The molecule has 0 radical (unpaired) electrons. The molecule has 276 valence electrons. The molecule has 9 nitrogen and oxygen atoms in total. The summed E-state index contributed by atoms with van der Waals surface area (Å²) in [6, 6.07) is 15.4. The fourth-order valence-corrected chi connectivity index (χ4v) is 8.31. The van der Waals surface area contributed by atoms with Gasteiger partial charge in [0.05, 0.1) is 24.6 Å². The number of thioether (sulfide) groups is 1. The second-order valence-electron chi connectivity index (χ2n) is 14.8. The maximum Gasteiger partial charge on any atom is 0.514 e. The molecular formula is C41H48N2O7S2. The number of para-hydroxylation sites is 1. The summed E-state index contributed by atoms with van der Waals surface area (Å²) in [6.07, 6.45) is 5.15. The number of imide groups is 1. The largest absolute Gasteiger partial charge is 0.514 e. The number of carbonyl (C=O) groups is 4. The zero-order valence-corrected chi connectivity index (χ0v) is 32.2. The van der Waals surface area contributed by atoms with Gasteiger partial charge in [0.1, 0.15) is 16.6 Å². The summed E-state index contributed by atoms with van der Waals surface area (Å²) >= 11 is 6.60. The van der Waals surface area contributed by atoms with Crippen LogP contribution in [0.25, 0.3) is 4.85 Å². The first-order valence-electron chi connectivity index (χ1n) is 17.5. The average molecular weight is 745 g/mol. The lowest BCUT2D eigenvalue weighted by atomic mass is 9.75. The van der Waals surface area contributed by atoms with E-state index in [0.717, 1.165) is 24.6 Å². The number of hydrogen-bond donors (Lipinski definition) is 0. The van der Waals surface area contributed by atoms with Gasteiger partial charge in [-0.05, 0) is 88.1 Å². The minimum absolute atomic E-state index is 0.00946. The maximum absolute atomic E-state index is 14.4. The summed E-state index contributed by atoms with van der Waals surface area (Å²) in [5.74, 6) is -1.72. The Kier molecular flexibility index (Phi) is 13.6. The minimum atomic E-state index is -1.11. The van der Waals surface area contributed by atoms with Crippen LogP contribution in [0.4, 0.5) is 10.5 Å². The number of ether oxygens (including phenoxy) is 3. The molecule has 1 saturated heterocycles. The molecular weight excluding hydrogens is 697 g/mol. The van der Waals surface area contributed by atoms with E-state index < -0.39 is 46.3 Å². The molecule has 1 aliphatic carbocycles. The molecule has 0 aromatic heterocycles. The molecule has 1 saturated carbocycles. The molecule has 2 aromatic rings. The highest BCUT2D eigenvalue weighted by Crippen LogP contribution is 2.47. The van der Waals surface area contributed by atoms with Gasteiger partial charge in [-0.2, -0.15) is 0 Å². The second kappa shape index (κ2) is 17.5. The van der Waals surface area contributed by atoms with Gasteiger partial charge in [-0.15, -0.1) is 24.9 Å². The number of rotatable bonds is 14. The summed E-state index contributed by atoms with van der Waals surface area (Å²) in [6.45, 7) is 25.1. The number of anilines is 1. The summed E-state index contributed by atoms with van der Waals surface area (Å²) in [4.78, 5) is 59.1. The van der Waals surface area contributed by atoms with Crippen molar-refractivity contribution in [3.63, 3.8) is 0 Å². The normalized spacial score (nSPS) is 23.2. The van der Waals surface area contributed by atoms with E-state index in [0.29, 0.717) is 21.4 Å². The molecule has 7 unspecified atom stereocenters. The number of allylic oxidation sites excluding steroid dienone is 2. The fraction of sp³-hybridized carbons (Fsp3) is 0.463. The Labute approximate surface area is 317 Å². The van der Waals surface area contributed by atoms with Gasteiger partial charge in [0.25, 0.3) is 0 Å². The van der Waals surface area contributed by atoms with Crippen molar-refractivity contribution < 1.29 is 33.4 Å². The van der Waals surface area contributed by atoms with E-state index in [2.05, 4.69) is 18.0 Å². The maximum atomic E-state index is 14.4. The zero-order valence-electron chi connectivity index (χ0n) is 30.5. The molecule has 2 aromatic carbocycles. The Morgan fingerprint density at radius 2 is 1.71 bits per heavy atom. The summed E-state index contributed by atoms with van der Waals surface area (Å²) in [5.41, 5.74) is -0.740. The Balaban J connectivity index is 1.62. The third kappa shape index (κ3) is 10.4. The average Bonchev–Trinajstić information content (AvgIpc) is 3.61. The molecule has 7 atom stereocenters. The van der Waals surface area contributed by atoms with Gasteiger partial charge in [-0.3, -0.25) is 14.4 Å². The van der Waals surface area contributed by atoms with E-state index in [1.54, 1.807) is 89.2 Å². The van der Waals surface area contributed by atoms with E-state index in [1.807, 2.05) is 12.2 Å². The van der Waals surface area contributed by atoms with E-state index in [9.17, 15) is 19.2 Å². The van der Waals surface area contributed by atoms with Crippen molar-refractivity contribution in [3.05, 3.63) is 96.9 Å². The van der Waals surface area contributed by atoms with Crippen molar-refractivity contribution in [3.8, 4) is 5.75 Å². The van der Waals surface area contributed by atoms with Crippen LogP contribution >= 0.6 is 24.0 Å². The number of nitrogens with zero attached hydrogens (tertiary/aromatic N) is 2. The first-order valence-corrected chi connectivity index (χ1v) is 18.8. The van der Waals surface area contributed by atoms with E-state index in [-0.39, 0.29) is 49.4 Å². The van der Waals surface area contributed by atoms with Crippen molar-refractivity contribution >= 4 is 57.8 Å². The van der Waals surface area contributed by atoms with E-state index in [4.69, 9.17) is 33.0 Å². The molecule has 2 fully saturated rings. The standard InChI is InChI=1S/C41H48N2O7S2/c1-9-27-22-28(10-2)30(23-27)25-48-34(44)20-21-41(7,42-8)24-33(29-16-18-32(19-17-29)49-39(47)50-40(4,5)6)35-36(52-26(3)51)38(46)43(37(35)45)31-14-12-11-13-15-31/h9-19,27-28,30,33,35-36H,1-2,20-25H2,3-7H3. The van der Waals surface area contributed by atoms with Crippen LogP contribution in [-0.4, -0.2) is 51.1 Å². The number of carbonyl (C=O) groups excluding carboxylic acids is 4. The third-order valence-corrected chi connectivity index (χ3v) is 11.0. The van der Waals surface area contributed by atoms with Crippen molar-refractivity contribution in [2.45, 2.75) is 89.0 Å². The van der Waals surface area contributed by atoms with E-state index in [1.165, 1.54) is 4.90 Å². The number of hydrogen-bond acceptors (Lipinski definition) is 9. The quantitative estimate of drug-likeness (QED) is 0.0468. The highest BCUT2D eigenvalue weighted by molar-refractivity contribution is 8.23. The number of thiocarbonyl (C=S) groups is 1. The van der Waals surface area contributed by atoms with Crippen LogP contribution in [0.5, 0.6) is 5.75 Å². The predicted molar refractivity (Wildman–Crippen MR) is 208 cm³/mol. The molecule has 11 heteroatoms. The van der Waals surface area contributed by atoms with Crippen molar-refractivity contribution in [2.24, 2.45) is 23.7 Å². The van der Waals surface area contributed by atoms with Crippen LogP contribution in [0, 0.1) is 30.2 Å². The first-order chi connectivity index (χ1) is 24.6. The van der Waals surface area contributed by atoms with Gasteiger partial charge in [0.2, 0.25) is 17.4 Å². The number of esters is 1. The first kappa shape index (κ1) is 40.5. The molecule has 1 aliphatic heterocycles. The zero-order chi connectivity index (χ0) is 38.2.